The predicted molar refractivity (Wildman–Crippen MR) is 102 cm³/mol. The molecular formula is C21H22N2O4. The van der Waals surface area contributed by atoms with Crippen molar-refractivity contribution in [1.29, 1.82) is 0 Å². The molecule has 0 spiro atoms. The van der Waals surface area contributed by atoms with Crippen molar-refractivity contribution in [3.63, 3.8) is 0 Å². The summed E-state index contributed by atoms with van der Waals surface area (Å²) in [6.07, 6.45) is 0.840. The fourth-order valence-corrected chi connectivity index (χ4v) is 2.87. The molecule has 3 aromatic rings. The molecule has 3 rings (SSSR count). The van der Waals surface area contributed by atoms with Crippen LogP contribution in [0.25, 0.3) is 10.9 Å². The van der Waals surface area contributed by atoms with Crippen LogP contribution < -0.4 is 10.1 Å². The third-order valence-corrected chi connectivity index (χ3v) is 4.16. The molecule has 2 N–H and O–H groups in total. The number of hydrogen-bond acceptors (Lipinski definition) is 4. The Labute approximate surface area is 157 Å². The van der Waals surface area contributed by atoms with E-state index in [2.05, 4.69) is 10.3 Å². The number of carbonyl (C=O) groups excluding carboxylic acids is 2. The molecule has 140 valence electrons. The van der Waals surface area contributed by atoms with Gasteiger partial charge in [0.1, 0.15) is 18.4 Å². The zero-order valence-electron chi connectivity index (χ0n) is 15.1. The molecule has 0 saturated heterocycles. The first-order valence-corrected chi connectivity index (χ1v) is 8.84. The topological polar surface area (TPSA) is 80.4 Å². The van der Waals surface area contributed by atoms with Crippen molar-refractivity contribution in [2.75, 3.05) is 6.61 Å². The second kappa shape index (κ2) is 8.89. The lowest BCUT2D eigenvalue weighted by atomic mass is 10.1. The van der Waals surface area contributed by atoms with Crippen LogP contribution in [0, 0.1) is 0 Å². The minimum Gasteiger partial charge on any atom is -0.489 e. The van der Waals surface area contributed by atoms with Crippen LogP contribution in [-0.4, -0.2) is 30.0 Å². The number of amides is 1. The maximum atomic E-state index is 11.9. The second-order valence-corrected chi connectivity index (χ2v) is 6.11. The zero-order valence-corrected chi connectivity index (χ0v) is 15.1. The first-order chi connectivity index (χ1) is 13.2. The molecule has 1 aromatic heterocycles. The van der Waals surface area contributed by atoms with Crippen LogP contribution in [0.3, 0.4) is 0 Å². The molecule has 1 unspecified atom stereocenters. The van der Waals surface area contributed by atoms with Gasteiger partial charge in [-0.2, -0.15) is 0 Å². The number of esters is 1. The molecule has 6 heteroatoms. The number of nitrogens with one attached hydrogen (secondary N) is 2. The minimum atomic E-state index is -0.718. The quantitative estimate of drug-likeness (QED) is 0.451. The van der Waals surface area contributed by atoms with Crippen LogP contribution in [0.4, 0.5) is 0 Å². The number of ether oxygens (including phenoxy) is 2. The van der Waals surface area contributed by atoms with E-state index in [1.807, 2.05) is 54.6 Å². The Kier molecular flexibility index (Phi) is 6.10. The molecule has 0 aliphatic carbocycles. The van der Waals surface area contributed by atoms with Crippen molar-refractivity contribution in [3.05, 3.63) is 65.9 Å². The molecule has 1 heterocycles. The van der Waals surface area contributed by atoms with E-state index in [-0.39, 0.29) is 6.61 Å². The van der Waals surface area contributed by atoms with Crippen LogP contribution >= 0.6 is 0 Å². The van der Waals surface area contributed by atoms with Crippen LogP contribution in [0.15, 0.2) is 54.6 Å². The summed E-state index contributed by atoms with van der Waals surface area (Å²) in [5, 5.41) is 3.49. The highest BCUT2D eigenvalue weighted by molar-refractivity contribution is 5.83. The number of benzene rings is 2. The minimum absolute atomic E-state index is 0.269. The highest BCUT2D eigenvalue weighted by Crippen LogP contribution is 2.23. The molecular weight excluding hydrogens is 344 g/mol. The average Bonchev–Trinajstić information content (AvgIpc) is 3.08. The zero-order chi connectivity index (χ0) is 19.1. The van der Waals surface area contributed by atoms with Gasteiger partial charge in [-0.1, -0.05) is 30.3 Å². The third kappa shape index (κ3) is 4.88. The molecule has 1 atom stereocenters. The smallest absolute Gasteiger partial charge is 0.329 e. The van der Waals surface area contributed by atoms with Crippen molar-refractivity contribution in [3.8, 4) is 5.75 Å². The van der Waals surface area contributed by atoms with Gasteiger partial charge in [0.15, 0.2) is 0 Å². The van der Waals surface area contributed by atoms with E-state index in [1.54, 1.807) is 6.92 Å². The van der Waals surface area contributed by atoms with E-state index >= 15 is 0 Å². The number of carbonyl (C=O) groups is 2. The normalized spacial score (nSPS) is 11.7. The van der Waals surface area contributed by atoms with Crippen molar-refractivity contribution < 1.29 is 19.1 Å². The van der Waals surface area contributed by atoms with Crippen LogP contribution in [0.1, 0.15) is 18.2 Å². The van der Waals surface area contributed by atoms with Gasteiger partial charge in [-0.05, 0) is 36.8 Å². The summed E-state index contributed by atoms with van der Waals surface area (Å²) < 4.78 is 10.9. The lowest BCUT2D eigenvalue weighted by Crippen LogP contribution is -2.39. The molecule has 0 aliphatic rings. The first kappa shape index (κ1) is 18.5. The number of rotatable bonds is 9. The number of H-pyrrole nitrogens is 1. The van der Waals surface area contributed by atoms with Gasteiger partial charge < -0.3 is 19.8 Å². The van der Waals surface area contributed by atoms with Gasteiger partial charge in [0.2, 0.25) is 6.41 Å². The van der Waals surface area contributed by atoms with E-state index in [0.29, 0.717) is 19.4 Å². The lowest BCUT2D eigenvalue weighted by molar-refractivity contribution is -0.146. The van der Waals surface area contributed by atoms with Gasteiger partial charge in [-0.3, -0.25) is 4.79 Å². The Morgan fingerprint density at radius 3 is 2.74 bits per heavy atom. The van der Waals surface area contributed by atoms with E-state index in [0.717, 1.165) is 27.9 Å². The summed E-state index contributed by atoms with van der Waals surface area (Å²) in [5.41, 5.74) is 2.87. The molecule has 1 amide bonds. The number of aromatic amines is 1. The van der Waals surface area contributed by atoms with Gasteiger partial charge >= 0.3 is 5.97 Å². The molecule has 27 heavy (non-hydrogen) atoms. The van der Waals surface area contributed by atoms with Crippen LogP contribution in [0.2, 0.25) is 0 Å². The molecule has 0 bridgehead atoms. The maximum Gasteiger partial charge on any atom is 0.329 e. The fraction of sp³-hybridized carbons (Fsp3) is 0.238. The largest absolute Gasteiger partial charge is 0.489 e. The Morgan fingerprint density at radius 2 is 2.00 bits per heavy atom. The fourth-order valence-electron chi connectivity index (χ4n) is 2.87. The molecule has 0 fully saturated rings. The Balaban J connectivity index is 1.71. The monoisotopic (exact) mass is 366 g/mol. The summed E-state index contributed by atoms with van der Waals surface area (Å²) in [4.78, 5) is 26.0. The number of aromatic nitrogens is 1. The van der Waals surface area contributed by atoms with Gasteiger partial charge in [-0.15, -0.1) is 0 Å². The van der Waals surface area contributed by atoms with Crippen molar-refractivity contribution in [1.82, 2.24) is 10.3 Å². The van der Waals surface area contributed by atoms with E-state index in [4.69, 9.17) is 9.47 Å². The molecule has 6 nitrogen and oxygen atoms in total. The van der Waals surface area contributed by atoms with E-state index in [9.17, 15) is 9.59 Å². The Hall–Kier alpha value is -3.28. The Bertz CT molecular complexity index is 905. The number of hydrogen-bond donors (Lipinski definition) is 2. The second-order valence-electron chi connectivity index (χ2n) is 6.11. The van der Waals surface area contributed by atoms with Crippen molar-refractivity contribution in [2.24, 2.45) is 0 Å². The summed E-state index contributed by atoms with van der Waals surface area (Å²) >= 11 is 0. The van der Waals surface area contributed by atoms with Crippen LogP contribution in [0.5, 0.6) is 5.75 Å². The maximum absolute atomic E-state index is 11.9. The summed E-state index contributed by atoms with van der Waals surface area (Å²) in [7, 11) is 0. The van der Waals surface area contributed by atoms with Gasteiger partial charge in [0.25, 0.3) is 0 Å². The van der Waals surface area contributed by atoms with E-state index in [1.165, 1.54) is 0 Å². The number of fused-ring (bicyclic) bond motifs is 1. The highest BCUT2D eigenvalue weighted by atomic mass is 16.5. The summed E-state index contributed by atoms with van der Waals surface area (Å²) in [6, 6.07) is 17.0. The predicted octanol–water partition coefficient (Wildman–Crippen LogP) is 2.97. The molecule has 0 radical (unpaired) electrons. The van der Waals surface area contributed by atoms with Gasteiger partial charge in [-0.25, -0.2) is 4.79 Å². The van der Waals surface area contributed by atoms with Crippen molar-refractivity contribution in [2.45, 2.75) is 26.0 Å². The van der Waals surface area contributed by atoms with Gasteiger partial charge in [0.05, 0.1) is 6.61 Å². The molecule has 0 aliphatic heterocycles. The summed E-state index contributed by atoms with van der Waals surface area (Å²) in [5.74, 6) is 0.319. The van der Waals surface area contributed by atoms with E-state index < -0.39 is 12.0 Å². The van der Waals surface area contributed by atoms with Crippen molar-refractivity contribution >= 4 is 23.3 Å². The standard InChI is InChI=1S/C21H22N2O4/c1-2-26-21(25)20(22-14-24)12-17-10-16-11-18(8-9-19(16)23-17)27-13-15-6-4-3-5-7-15/h3-11,14,20,23H,2,12-13H2,1H3,(H,22,24). The highest BCUT2D eigenvalue weighted by Gasteiger charge is 2.20. The third-order valence-electron chi connectivity index (χ3n) is 4.16. The van der Waals surface area contributed by atoms with Gasteiger partial charge in [0, 0.05) is 23.0 Å². The van der Waals surface area contributed by atoms with Crippen LogP contribution in [-0.2, 0) is 27.4 Å². The summed E-state index contributed by atoms with van der Waals surface area (Å²) in [6.45, 7) is 2.50. The molecule has 2 aromatic carbocycles. The first-order valence-electron chi connectivity index (χ1n) is 8.84. The average molecular weight is 366 g/mol. The lowest BCUT2D eigenvalue weighted by Gasteiger charge is -2.13. The molecule has 0 saturated carbocycles. The SMILES string of the molecule is CCOC(=O)C(Cc1cc2cc(OCc3ccccc3)ccc2[nH]1)NC=O. The Morgan fingerprint density at radius 1 is 1.19 bits per heavy atom.